The van der Waals surface area contributed by atoms with Gasteiger partial charge in [-0.3, -0.25) is 9.78 Å². The van der Waals surface area contributed by atoms with E-state index in [2.05, 4.69) is 10.1 Å². The third-order valence-electron chi connectivity index (χ3n) is 3.38. The van der Waals surface area contributed by atoms with Gasteiger partial charge in [-0.1, -0.05) is 17.3 Å². The number of methoxy groups -OCH3 is 1. The van der Waals surface area contributed by atoms with E-state index in [0.29, 0.717) is 17.7 Å². The Labute approximate surface area is 122 Å². The molecule has 0 aliphatic carbocycles. The van der Waals surface area contributed by atoms with Crippen LogP contribution >= 0.6 is 0 Å². The van der Waals surface area contributed by atoms with Crippen molar-refractivity contribution in [1.29, 1.82) is 0 Å². The second-order valence-electron chi connectivity index (χ2n) is 4.63. The summed E-state index contributed by atoms with van der Waals surface area (Å²) in [5.41, 5.74) is 3.17. The largest absolute Gasteiger partial charge is 0.496 e. The lowest BCUT2D eigenvalue weighted by atomic mass is 9.99. The van der Waals surface area contributed by atoms with Crippen LogP contribution in [0.3, 0.4) is 0 Å². The average Bonchev–Trinajstić information content (AvgIpc) is 3.04. The fourth-order valence-electron chi connectivity index (χ4n) is 2.30. The number of nitrogens with zero attached hydrogens (tertiary/aromatic N) is 2. The molecule has 1 aliphatic rings. The Balaban J connectivity index is 1.83. The number of benzene rings is 1. The van der Waals surface area contributed by atoms with Crippen LogP contribution in [-0.2, 0) is 9.63 Å². The molecule has 21 heavy (non-hydrogen) atoms. The molecule has 5 nitrogen and oxygen atoms in total. The molecule has 1 aromatic carbocycles. The van der Waals surface area contributed by atoms with Crippen molar-refractivity contribution in [2.45, 2.75) is 12.5 Å². The van der Waals surface area contributed by atoms with Crippen LogP contribution in [0.2, 0.25) is 0 Å². The van der Waals surface area contributed by atoms with Crippen molar-refractivity contribution in [3.05, 3.63) is 59.4 Å². The molecule has 0 saturated heterocycles. The number of carbonyl (C=O) groups excluding carboxylic acids is 1. The van der Waals surface area contributed by atoms with Crippen molar-refractivity contribution in [1.82, 2.24) is 4.98 Å². The smallest absolute Gasteiger partial charge is 0.233 e. The lowest BCUT2D eigenvalue weighted by Crippen LogP contribution is -2.04. The topological polar surface area (TPSA) is 60.8 Å². The van der Waals surface area contributed by atoms with E-state index < -0.39 is 0 Å². The zero-order valence-corrected chi connectivity index (χ0v) is 11.4. The molecule has 5 heteroatoms. The van der Waals surface area contributed by atoms with Crippen molar-refractivity contribution in [3.8, 4) is 5.75 Å². The Morgan fingerprint density at radius 2 is 2.10 bits per heavy atom. The Hall–Kier alpha value is -2.69. The fourth-order valence-corrected chi connectivity index (χ4v) is 2.30. The van der Waals surface area contributed by atoms with Crippen LogP contribution in [0, 0.1) is 0 Å². The maximum atomic E-state index is 10.7. The highest BCUT2D eigenvalue weighted by Gasteiger charge is 2.26. The van der Waals surface area contributed by atoms with Crippen molar-refractivity contribution in [2.75, 3.05) is 7.11 Å². The van der Waals surface area contributed by atoms with E-state index in [1.54, 1.807) is 31.6 Å². The molecule has 0 fully saturated rings. The van der Waals surface area contributed by atoms with E-state index in [9.17, 15) is 4.79 Å². The zero-order valence-electron chi connectivity index (χ0n) is 11.4. The number of rotatable bonds is 4. The quantitative estimate of drug-likeness (QED) is 0.863. The molecular weight excluding hydrogens is 268 g/mol. The first-order valence-corrected chi connectivity index (χ1v) is 6.51. The molecule has 0 spiro atoms. The number of hydrogen-bond donors (Lipinski definition) is 0. The monoisotopic (exact) mass is 281 g/mol. The first-order chi connectivity index (χ1) is 10.3. The van der Waals surface area contributed by atoms with Gasteiger partial charge in [-0.2, -0.15) is 0 Å². The number of hydrogen-bond acceptors (Lipinski definition) is 5. The van der Waals surface area contributed by atoms with E-state index in [1.807, 2.05) is 24.5 Å². The summed E-state index contributed by atoms with van der Waals surface area (Å²) in [7, 11) is 1.56. The van der Waals surface area contributed by atoms with Gasteiger partial charge in [0.1, 0.15) is 5.75 Å². The highest BCUT2D eigenvalue weighted by atomic mass is 16.6. The Morgan fingerprint density at radius 3 is 2.81 bits per heavy atom. The highest BCUT2D eigenvalue weighted by Crippen LogP contribution is 2.35. The predicted octanol–water partition coefficient (Wildman–Crippen LogP) is 2.41. The minimum Gasteiger partial charge on any atom is -0.496 e. The normalized spacial score (nSPS) is 17.0. The molecule has 2 heterocycles. The average molecular weight is 281 g/mol. The molecule has 1 radical (unpaired) electrons. The lowest BCUT2D eigenvalue weighted by molar-refractivity contribution is 0.0837. The molecule has 2 aromatic rings. The molecule has 3 rings (SSSR count). The van der Waals surface area contributed by atoms with Crippen molar-refractivity contribution in [2.24, 2.45) is 5.16 Å². The molecule has 0 amide bonds. The Morgan fingerprint density at radius 1 is 1.29 bits per heavy atom. The number of aromatic nitrogens is 1. The minimum atomic E-state index is -0.219. The first kappa shape index (κ1) is 13.3. The van der Waals surface area contributed by atoms with Gasteiger partial charge in [0.15, 0.2) is 6.10 Å². The van der Waals surface area contributed by atoms with Gasteiger partial charge in [0.25, 0.3) is 0 Å². The SMILES string of the molecule is COc1cc([C]=O)ccc1C1CC(c2ccncc2)=NO1. The van der Waals surface area contributed by atoms with E-state index in [4.69, 9.17) is 9.57 Å². The molecule has 0 bridgehead atoms. The maximum absolute atomic E-state index is 10.7. The standard InChI is InChI=1S/C16H13N2O3/c1-20-15-8-11(10-19)2-3-13(15)16-9-14(18-21-16)12-4-6-17-7-5-12/h2-8,16H,9H2,1H3. The Bertz CT molecular complexity index is 683. The van der Waals surface area contributed by atoms with Gasteiger partial charge in [-0.25, -0.2) is 0 Å². The summed E-state index contributed by atoms with van der Waals surface area (Å²) in [4.78, 5) is 20.2. The predicted molar refractivity (Wildman–Crippen MR) is 77.0 cm³/mol. The lowest BCUT2D eigenvalue weighted by Gasteiger charge is -2.13. The van der Waals surface area contributed by atoms with Crippen LogP contribution in [0.1, 0.15) is 29.2 Å². The minimum absolute atomic E-state index is 0.219. The van der Waals surface area contributed by atoms with Crippen LogP contribution < -0.4 is 4.74 Å². The molecule has 0 N–H and O–H groups in total. The van der Waals surface area contributed by atoms with Gasteiger partial charge in [0, 0.05) is 35.5 Å². The zero-order chi connectivity index (χ0) is 14.7. The first-order valence-electron chi connectivity index (χ1n) is 6.51. The van der Waals surface area contributed by atoms with Crippen LogP contribution in [-0.4, -0.2) is 24.1 Å². The van der Waals surface area contributed by atoms with Crippen LogP contribution in [0.4, 0.5) is 0 Å². The molecule has 1 aliphatic heterocycles. The summed E-state index contributed by atoms with van der Waals surface area (Å²) in [5, 5.41) is 4.14. The third-order valence-corrected chi connectivity index (χ3v) is 3.38. The van der Waals surface area contributed by atoms with E-state index in [0.717, 1.165) is 16.8 Å². The van der Waals surface area contributed by atoms with Gasteiger partial charge < -0.3 is 9.57 Å². The molecular formula is C16H13N2O3. The summed E-state index contributed by atoms with van der Waals surface area (Å²) in [6, 6.07) is 8.95. The van der Waals surface area contributed by atoms with Crippen molar-refractivity contribution < 1.29 is 14.4 Å². The summed E-state index contributed by atoms with van der Waals surface area (Å²) >= 11 is 0. The van der Waals surface area contributed by atoms with Crippen LogP contribution in [0.25, 0.3) is 0 Å². The van der Waals surface area contributed by atoms with Crippen LogP contribution in [0.15, 0.2) is 47.9 Å². The summed E-state index contributed by atoms with van der Waals surface area (Å²) in [5.74, 6) is 0.604. The summed E-state index contributed by atoms with van der Waals surface area (Å²) in [6.07, 6.45) is 5.72. The second-order valence-corrected chi connectivity index (χ2v) is 4.63. The molecule has 1 atom stereocenters. The molecule has 1 aromatic heterocycles. The molecule has 1 unspecified atom stereocenters. The maximum Gasteiger partial charge on any atom is 0.233 e. The van der Waals surface area contributed by atoms with E-state index >= 15 is 0 Å². The van der Waals surface area contributed by atoms with Gasteiger partial charge in [-0.15, -0.1) is 0 Å². The summed E-state index contributed by atoms with van der Waals surface area (Å²) < 4.78 is 5.32. The van der Waals surface area contributed by atoms with E-state index in [1.165, 1.54) is 0 Å². The number of pyridine rings is 1. The van der Waals surface area contributed by atoms with Gasteiger partial charge >= 0.3 is 0 Å². The van der Waals surface area contributed by atoms with Gasteiger partial charge in [-0.05, 0) is 18.2 Å². The number of oxime groups is 1. The van der Waals surface area contributed by atoms with Crippen molar-refractivity contribution >= 4 is 12.0 Å². The van der Waals surface area contributed by atoms with Crippen molar-refractivity contribution in [3.63, 3.8) is 0 Å². The highest BCUT2D eigenvalue weighted by molar-refractivity contribution is 6.01. The van der Waals surface area contributed by atoms with Gasteiger partial charge in [0.05, 0.1) is 12.8 Å². The fraction of sp³-hybridized carbons (Fsp3) is 0.188. The second kappa shape index (κ2) is 5.75. The van der Waals surface area contributed by atoms with Crippen LogP contribution in [0.5, 0.6) is 5.75 Å². The van der Waals surface area contributed by atoms with Gasteiger partial charge in [0.2, 0.25) is 6.29 Å². The summed E-state index contributed by atoms with van der Waals surface area (Å²) in [6.45, 7) is 0. The van der Waals surface area contributed by atoms with E-state index in [-0.39, 0.29) is 6.10 Å². The molecule has 0 saturated carbocycles. The molecule has 105 valence electrons. The third kappa shape index (κ3) is 2.63. The Kier molecular flexibility index (Phi) is 3.64. The number of ether oxygens (including phenoxy) is 1.